The second kappa shape index (κ2) is 8.97. The van der Waals surface area contributed by atoms with E-state index >= 15 is 0 Å². The molecule has 0 spiro atoms. The van der Waals surface area contributed by atoms with Gasteiger partial charge in [-0.1, -0.05) is 56.1 Å². The van der Waals surface area contributed by atoms with Crippen LogP contribution in [0.1, 0.15) is 53.4 Å². The number of esters is 1. The van der Waals surface area contributed by atoms with Crippen molar-refractivity contribution >= 4 is 35.1 Å². The van der Waals surface area contributed by atoms with Crippen LogP contribution in [0, 0.1) is 13.8 Å². The molecular formula is C22H25Cl2NO3. The molecule has 0 aliphatic rings. The Kier molecular flexibility index (Phi) is 7.13. The number of nitrogens with one attached hydrogen (secondary N) is 1. The van der Waals surface area contributed by atoms with Crippen molar-refractivity contribution in [3.63, 3.8) is 0 Å². The molecule has 0 saturated carbocycles. The SMILES string of the molecule is Cc1cc(C(C)(C)C)cc(C)c1COC(=O)CNC(=O)c1ccc(Cl)cc1Cl. The first-order chi connectivity index (χ1) is 13.0. The summed E-state index contributed by atoms with van der Waals surface area (Å²) in [7, 11) is 0. The summed E-state index contributed by atoms with van der Waals surface area (Å²) in [5, 5.41) is 3.17. The van der Waals surface area contributed by atoms with Gasteiger partial charge in [-0.15, -0.1) is 0 Å². The highest BCUT2D eigenvalue weighted by Gasteiger charge is 2.17. The number of carbonyl (C=O) groups is 2. The topological polar surface area (TPSA) is 55.4 Å². The van der Waals surface area contributed by atoms with Gasteiger partial charge in [0, 0.05) is 5.02 Å². The van der Waals surface area contributed by atoms with Crippen LogP contribution in [0.4, 0.5) is 0 Å². The maximum Gasteiger partial charge on any atom is 0.325 e. The highest BCUT2D eigenvalue weighted by molar-refractivity contribution is 6.36. The average molecular weight is 422 g/mol. The van der Waals surface area contributed by atoms with Crippen LogP contribution in [0.3, 0.4) is 0 Å². The number of hydrogen-bond donors (Lipinski definition) is 1. The maximum atomic E-state index is 12.1. The molecule has 0 fully saturated rings. The number of carbonyl (C=O) groups excluding carboxylic acids is 2. The molecule has 2 rings (SSSR count). The molecule has 150 valence electrons. The van der Waals surface area contributed by atoms with Gasteiger partial charge < -0.3 is 10.1 Å². The maximum absolute atomic E-state index is 12.1. The Morgan fingerprint density at radius 2 is 1.64 bits per heavy atom. The molecule has 1 amide bonds. The Labute approximate surface area is 176 Å². The third-order valence-corrected chi connectivity index (χ3v) is 5.06. The summed E-state index contributed by atoms with van der Waals surface area (Å²) < 4.78 is 5.34. The number of halogens is 2. The summed E-state index contributed by atoms with van der Waals surface area (Å²) in [6.07, 6.45) is 0. The molecule has 0 unspecified atom stereocenters. The number of rotatable bonds is 5. The molecule has 0 bridgehead atoms. The lowest BCUT2D eigenvalue weighted by atomic mass is 9.84. The molecule has 0 aliphatic carbocycles. The predicted molar refractivity (Wildman–Crippen MR) is 113 cm³/mol. The normalized spacial score (nSPS) is 11.2. The van der Waals surface area contributed by atoms with E-state index in [4.69, 9.17) is 27.9 Å². The van der Waals surface area contributed by atoms with Gasteiger partial charge in [0.25, 0.3) is 5.91 Å². The van der Waals surface area contributed by atoms with Gasteiger partial charge in [0.15, 0.2) is 0 Å². The third-order valence-electron chi connectivity index (χ3n) is 4.51. The first-order valence-electron chi connectivity index (χ1n) is 8.98. The van der Waals surface area contributed by atoms with Crippen molar-refractivity contribution in [1.29, 1.82) is 0 Å². The van der Waals surface area contributed by atoms with Crippen molar-refractivity contribution in [1.82, 2.24) is 5.32 Å². The minimum absolute atomic E-state index is 0.0535. The standard InChI is InChI=1S/C22H25Cl2NO3/c1-13-8-15(22(3,4)5)9-14(2)18(13)12-28-20(26)11-25-21(27)17-7-6-16(23)10-19(17)24/h6-10H,11-12H2,1-5H3,(H,25,27). The van der Waals surface area contributed by atoms with Crippen LogP contribution in [0.25, 0.3) is 0 Å². The van der Waals surface area contributed by atoms with Crippen LogP contribution in [0.5, 0.6) is 0 Å². The molecule has 1 N–H and O–H groups in total. The van der Waals surface area contributed by atoms with Crippen LogP contribution >= 0.6 is 23.2 Å². The molecule has 0 saturated heterocycles. The molecule has 0 heterocycles. The minimum Gasteiger partial charge on any atom is -0.459 e. The van der Waals surface area contributed by atoms with Crippen LogP contribution in [-0.4, -0.2) is 18.4 Å². The molecule has 0 radical (unpaired) electrons. The van der Waals surface area contributed by atoms with Gasteiger partial charge in [0.2, 0.25) is 0 Å². The van der Waals surface area contributed by atoms with E-state index in [1.54, 1.807) is 6.07 Å². The Morgan fingerprint density at radius 1 is 1.04 bits per heavy atom. The molecule has 6 heteroatoms. The number of amides is 1. The van der Waals surface area contributed by atoms with E-state index in [-0.39, 0.29) is 29.2 Å². The molecular weight excluding hydrogens is 397 g/mol. The van der Waals surface area contributed by atoms with Gasteiger partial charge in [0.1, 0.15) is 13.2 Å². The monoisotopic (exact) mass is 421 g/mol. The van der Waals surface area contributed by atoms with Crippen molar-refractivity contribution < 1.29 is 14.3 Å². The first-order valence-corrected chi connectivity index (χ1v) is 9.74. The molecule has 0 aliphatic heterocycles. The average Bonchev–Trinajstić information content (AvgIpc) is 2.58. The molecule has 0 atom stereocenters. The lowest BCUT2D eigenvalue weighted by Gasteiger charge is -2.22. The smallest absolute Gasteiger partial charge is 0.325 e. The molecule has 28 heavy (non-hydrogen) atoms. The van der Waals surface area contributed by atoms with Crippen LogP contribution in [0.2, 0.25) is 10.0 Å². The van der Waals surface area contributed by atoms with Gasteiger partial charge in [0.05, 0.1) is 10.6 Å². The van der Waals surface area contributed by atoms with Crippen LogP contribution in [-0.2, 0) is 21.6 Å². The predicted octanol–water partition coefficient (Wildman–Crippen LogP) is 5.38. The summed E-state index contributed by atoms with van der Waals surface area (Å²) in [5.74, 6) is -0.974. The zero-order valence-corrected chi connectivity index (χ0v) is 18.3. The highest BCUT2D eigenvalue weighted by Crippen LogP contribution is 2.27. The largest absolute Gasteiger partial charge is 0.459 e. The second-order valence-electron chi connectivity index (χ2n) is 7.81. The fourth-order valence-electron chi connectivity index (χ4n) is 2.78. The van der Waals surface area contributed by atoms with Crippen molar-refractivity contribution in [3.05, 3.63) is 68.2 Å². The lowest BCUT2D eigenvalue weighted by molar-refractivity contribution is -0.143. The van der Waals surface area contributed by atoms with E-state index < -0.39 is 11.9 Å². The van der Waals surface area contributed by atoms with E-state index in [9.17, 15) is 9.59 Å². The summed E-state index contributed by atoms with van der Waals surface area (Å²) in [6.45, 7) is 10.4. The van der Waals surface area contributed by atoms with Gasteiger partial charge in [-0.3, -0.25) is 9.59 Å². The molecule has 4 nitrogen and oxygen atoms in total. The number of benzene rings is 2. The summed E-state index contributed by atoms with van der Waals surface area (Å²) in [6, 6.07) is 8.80. The zero-order chi connectivity index (χ0) is 21.1. The number of aryl methyl sites for hydroxylation is 2. The van der Waals surface area contributed by atoms with E-state index in [2.05, 4.69) is 38.2 Å². The van der Waals surface area contributed by atoms with Crippen LogP contribution in [0.15, 0.2) is 30.3 Å². The zero-order valence-electron chi connectivity index (χ0n) is 16.8. The van der Waals surface area contributed by atoms with Gasteiger partial charge in [-0.05, 0) is 59.7 Å². The first kappa shape index (κ1) is 22.3. The van der Waals surface area contributed by atoms with Crippen molar-refractivity contribution in [2.24, 2.45) is 0 Å². The number of hydrogen-bond acceptors (Lipinski definition) is 3. The Bertz CT molecular complexity index is 878. The fourth-order valence-corrected chi connectivity index (χ4v) is 3.27. The van der Waals surface area contributed by atoms with Crippen LogP contribution < -0.4 is 5.32 Å². The summed E-state index contributed by atoms with van der Waals surface area (Å²) in [5.41, 5.74) is 4.68. The van der Waals surface area contributed by atoms with Gasteiger partial charge in [-0.2, -0.15) is 0 Å². The fraction of sp³-hybridized carbons (Fsp3) is 0.364. The quantitative estimate of drug-likeness (QED) is 0.659. The van der Waals surface area contributed by atoms with Gasteiger partial charge >= 0.3 is 5.97 Å². The van der Waals surface area contributed by atoms with E-state index in [1.807, 2.05) is 13.8 Å². The number of ether oxygens (including phenoxy) is 1. The second-order valence-corrected chi connectivity index (χ2v) is 8.65. The Balaban J connectivity index is 1.95. The highest BCUT2D eigenvalue weighted by atomic mass is 35.5. The molecule has 0 aromatic heterocycles. The minimum atomic E-state index is -0.517. The lowest BCUT2D eigenvalue weighted by Crippen LogP contribution is -2.30. The summed E-state index contributed by atoms with van der Waals surface area (Å²) >= 11 is 11.8. The van der Waals surface area contributed by atoms with E-state index in [1.165, 1.54) is 17.7 Å². The Hall–Kier alpha value is -2.04. The third kappa shape index (κ3) is 5.73. The summed E-state index contributed by atoms with van der Waals surface area (Å²) in [4.78, 5) is 24.2. The van der Waals surface area contributed by atoms with Crippen molar-refractivity contribution in [2.45, 2.75) is 46.6 Å². The van der Waals surface area contributed by atoms with Crippen molar-refractivity contribution in [2.75, 3.05) is 6.54 Å². The molecule has 2 aromatic carbocycles. The van der Waals surface area contributed by atoms with E-state index in [0.29, 0.717) is 5.02 Å². The van der Waals surface area contributed by atoms with Gasteiger partial charge in [-0.25, -0.2) is 0 Å². The van der Waals surface area contributed by atoms with E-state index in [0.717, 1.165) is 16.7 Å². The van der Waals surface area contributed by atoms with Crippen molar-refractivity contribution in [3.8, 4) is 0 Å². The molecule has 2 aromatic rings. The Morgan fingerprint density at radius 3 is 2.18 bits per heavy atom.